The maximum atomic E-state index is 13.6. The Hall–Kier alpha value is -3.11. The molecule has 0 bridgehead atoms. The summed E-state index contributed by atoms with van der Waals surface area (Å²) >= 11 is 0. The fourth-order valence-electron chi connectivity index (χ4n) is 3.45. The van der Waals surface area contributed by atoms with Crippen molar-refractivity contribution in [3.05, 3.63) is 48.3 Å². The standard InChI is InChI=1S/C22H25N3O6S/c1-3-30-22(26)18-13-15-12-17(31-11-10-29-2)14-19(21(15)24-18)25(16-7-8-16)32(27,28)20-6-4-5-9-23-20/h4-6,9,12-14,16,24H,3,7-8,10-11H2,1-2H3. The SMILES string of the molecule is CCOC(=O)c1cc2cc(OCCOC)cc(N(C3CC3)S(=O)(=O)c3ccccn3)c2[nH]1. The molecule has 4 rings (SSSR count). The van der Waals surface area contributed by atoms with E-state index in [9.17, 15) is 13.2 Å². The lowest BCUT2D eigenvalue weighted by molar-refractivity contribution is 0.0520. The summed E-state index contributed by atoms with van der Waals surface area (Å²) in [5.41, 5.74) is 1.15. The van der Waals surface area contributed by atoms with E-state index >= 15 is 0 Å². The normalized spacial score (nSPS) is 13.8. The third-order valence-electron chi connectivity index (χ3n) is 5.01. The Labute approximate surface area is 186 Å². The van der Waals surface area contributed by atoms with Crippen LogP contribution in [0.2, 0.25) is 0 Å². The Morgan fingerprint density at radius 1 is 1.22 bits per heavy atom. The molecule has 0 radical (unpaired) electrons. The number of rotatable bonds is 10. The Morgan fingerprint density at radius 3 is 2.69 bits per heavy atom. The maximum absolute atomic E-state index is 13.6. The third-order valence-corrected chi connectivity index (χ3v) is 6.79. The van der Waals surface area contributed by atoms with Crippen LogP contribution in [-0.4, -0.2) is 57.3 Å². The molecule has 32 heavy (non-hydrogen) atoms. The highest BCUT2D eigenvalue weighted by molar-refractivity contribution is 7.92. The van der Waals surface area contributed by atoms with Gasteiger partial charge in [0.25, 0.3) is 10.0 Å². The van der Waals surface area contributed by atoms with Crippen molar-refractivity contribution in [2.24, 2.45) is 0 Å². The number of fused-ring (bicyclic) bond motifs is 1. The van der Waals surface area contributed by atoms with Crippen LogP contribution in [0.15, 0.2) is 47.6 Å². The molecule has 0 saturated heterocycles. The molecule has 1 aliphatic rings. The van der Waals surface area contributed by atoms with Gasteiger partial charge in [-0.1, -0.05) is 6.07 Å². The van der Waals surface area contributed by atoms with Gasteiger partial charge in [0, 0.05) is 30.8 Å². The van der Waals surface area contributed by atoms with Crippen LogP contribution in [-0.2, 0) is 19.5 Å². The minimum Gasteiger partial charge on any atom is -0.491 e. The Bertz CT molecular complexity index is 1210. The molecule has 0 spiro atoms. The highest BCUT2D eigenvalue weighted by Gasteiger charge is 2.40. The lowest BCUT2D eigenvalue weighted by Gasteiger charge is -2.25. The summed E-state index contributed by atoms with van der Waals surface area (Å²) in [5.74, 6) is -0.0390. The first-order valence-electron chi connectivity index (χ1n) is 10.4. The van der Waals surface area contributed by atoms with E-state index in [4.69, 9.17) is 14.2 Å². The second-order valence-electron chi connectivity index (χ2n) is 7.35. The number of anilines is 1. The number of benzene rings is 1. The average Bonchev–Trinajstić information content (AvgIpc) is 3.51. The van der Waals surface area contributed by atoms with Gasteiger partial charge in [0.15, 0.2) is 5.03 Å². The molecule has 1 fully saturated rings. The monoisotopic (exact) mass is 459 g/mol. The molecule has 9 nitrogen and oxygen atoms in total. The van der Waals surface area contributed by atoms with Gasteiger partial charge in [-0.25, -0.2) is 9.78 Å². The van der Waals surface area contributed by atoms with Gasteiger partial charge in [0.1, 0.15) is 18.1 Å². The van der Waals surface area contributed by atoms with Crippen LogP contribution < -0.4 is 9.04 Å². The van der Waals surface area contributed by atoms with Gasteiger partial charge in [-0.05, 0) is 44.0 Å². The van der Waals surface area contributed by atoms with E-state index in [1.807, 2.05) is 0 Å². The number of methoxy groups -OCH3 is 1. The summed E-state index contributed by atoms with van der Waals surface area (Å²) < 4.78 is 44.5. The average molecular weight is 460 g/mol. The van der Waals surface area contributed by atoms with Gasteiger partial charge in [-0.3, -0.25) is 4.31 Å². The topological polar surface area (TPSA) is 111 Å². The molecule has 0 atom stereocenters. The molecule has 0 amide bonds. The summed E-state index contributed by atoms with van der Waals surface area (Å²) in [6.45, 7) is 2.64. The van der Waals surface area contributed by atoms with Crippen LogP contribution in [0.5, 0.6) is 5.75 Å². The molecule has 10 heteroatoms. The third kappa shape index (κ3) is 4.42. The predicted octanol–water partition coefficient (Wildman–Crippen LogP) is 3.12. The molecular formula is C22H25N3O6S. The number of pyridine rings is 1. The zero-order valence-electron chi connectivity index (χ0n) is 17.9. The molecule has 0 aliphatic heterocycles. The van der Waals surface area contributed by atoms with Crippen molar-refractivity contribution < 1.29 is 27.4 Å². The van der Waals surface area contributed by atoms with Gasteiger partial charge < -0.3 is 19.2 Å². The first-order valence-corrected chi connectivity index (χ1v) is 11.8. The van der Waals surface area contributed by atoms with Crippen LogP contribution >= 0.6 is 0 Å². The predicted molar refractivity (Wildman–Crippen MR) is 119 cm³/mol. The zero-order chi connectivity index (χ0) is 22.7. The zero-order valence-corrected chi connectivity index (χ0v) is 18.7. The first-order chi connectivity index (χ1) is 15.5. The van der Waals surface area contributed by atoms with Crippen molar-refractivity contribution in [2.45, 2.75) is 30.8 Å². The number of nitrogens with zero attached hydrogens (tertiary/aromatic N) is 2. The van der Waals surface area contributed by atoms with Crippen LogP contribution in [0, 0.1) is 0 Å². The smallest absolute Gasteiger partial charge is 0.354 e. The number of ether oxygens (including phenoxy) is 3. The van der Waals surface area contributed by atoms with Crippen LogP contribution in [0.1, 0.15) is 30.3 Å². The number of sulfonamides is 1. The minimum atomic E-state index is -3.94. The van der Waals surface area contributed by atoms with E-state index in [1.54, 1.807) is 44.4 Å². The van der Waals surface area contributed by atoms with E-state index < -0.39 is 16.0 Å². The molecular weight excluding hydrogens is 434 g/mol. The van der Waals surface area contributed by atoms with Crippen molar-refractivity contribution in [1.82, 2.24) is 9.97 Å². The van der Waals surface area contributed by atoms with Crippen molar-refractivity contribution in [1.29, 1.82) is 0 Å². The summed E-state index contributed by atoms with van der Waals surface area (Å²) in [4.78, 5) is 19.4. The molecule has 170 valence electrons. The van der Waals surface area contributed by atoms with Crippen LogP contribution in [0.25, 0.3) is 10.9 Å². The number of aromatic amines is 1. The summed E-state index contributed by atoms with van der Waals surface area (Å²) in [6.07, 6.45) is 2.91. The first kappa shape index (κ1) is 22.1. The number of hydrogen-bond acceptors (Lipinski definition) is 7. The number of carbonyl (C=O) groups is 1. The van der Waals surface area contributed by atoms with Gasteiger partial charge >= 0.3 is 5.97 Å². The molecule has 2 aromatic heterocycles. The molecule has 1 aliphatic carbocycles. The van der Waals surface area contributed by atoms with E-state index in [1.165, 1.54) is 16.6 Å². The van der Waals surface area contributed by atoms with E-state index in [2.05, 4.69) is 9.97 Å². The fourth-order valence-corrected chi connectivity index (χ4v) is 5.10. The molecule has 2 heterocycles. The van der Waals surface area contributed by atoms with Gasteiger partial charge in [-0.15, -0.1) is 0 Å². The summed E-state index contributed by atoms with van der Waals surface area (Å²) in [6, 6.07) is 9.64. The molecule has 0 unspecified atom stereocenters. The Balaban J connectivity index is 1.86. The Kier molecular flexibility index (Phi) is 6.33. The highest BCUT2D eigenvalue weighted by Crippen LogP contribution is 2.41. The fraction of sp³-hybridized carbons (Fsp3) is 0.364. The van der Waals surface area contributed by atoms with Crippen molar-refractivity contribution in [3.8, 4) is 5.75 Å². The van der Waals surface area contributed by atoms with Crippen LogP contribution in [0.3, 0.4) is 0 Å². The number of aromatic nitrogens is 2. The molecule has 3 aromatic rings. The van der Waals surface area contributed by atoms with Crippen molar-refractivity contribution >= 4 is 32.6 Å². The summed E-state index contributed by atoms with van der Waals surface area (Å²) in [7, 11) is -2.37. The quantitative estimate of drug-likeness (QED) is 0.366. The largest absolute Gasteiger partial charge is 0.491 e. The number of nitrogens with one attached hydrogen (secondary N) is 1. The van der Waals surface area contributed by atoms with Gasteiger partial charge in [-0.2, -0.15) is 8.42 Å². The molecule has 1 aromatic carbocycles. The van der Waals surface area contributed by atoms with Gasteiger partial charge in [0.2, 0.25) is 0 Å². The number of hydrogen-bond donors (Lipinski definition) is 1. The van der Waals surface area contributed by atoms with E-state index in [0.717, 1.165) is 12.8 Å². The summed E-state index contributed by atoms with van der Waals surface area (Å²) in [5, 5.41) is 0.600. The minimum absolute atomic E-state index is 0.0390. The molecule has 1 saturated carbocycles. The molecule has 1 N–H and O–H groups in total. The van der Waals surface area contributed by atoms with Crippen LogP contribution in [0.4, 0.5) is 5.69 Å². The van der Waals surface area contributed by atoms with Crippen molar-refractivity contribution in [2.75, 3.05) is 31.2 Å². The number of carbonyl (C=O) groups excluding carboxylic acids is 1. The second-order valence-corrected chi connectivity index (χ2v) is 9.11. The van der Waals surface area contributed by atoms with Gasteiger partial charge in [0.05, 0.1) is 24.4 Å². The van der Waals surface area contributed by atoms with E-state index in [0.29, 0.717) is 35.6 Å². The van der Waals surface area contributed by atoms with Crippen molar-refractivity contribution in [3.63, 3.8) is 0 Å². The maximum Gasteiger partial charge on any atom is 0.354 e. The number of esters is 1. The second kappa shape index (κ2) is 9.17. The lowest BCUT2D eigenvalue weighted by Crippen LogP contribution is -2.34. The van der Waals surface area contributed by atoms with E-state index in [-0.39, 0.29) is 23.4 Å². The Morgan fingerprint density at radius 2 is 2.03 bits per heavy atom. The lowest BCUT2D eigenvalue weighted by atomic mass is 10.2. The number of H-pyrrole nitrogens is 1. The highest BCUT2D eigenvalue weighted by atomic mass is 32.2.